The minimum absolute atomic E-state index is 0.958. The molecule has 0 atom stereocenters. The Bertz CT molecular complexity index is 955. The van der Waals surface area contributed by atoms with Gasteiger partial charge in [0, 0.05) is 14.6 Å². The smallest absolute Gasteiger partial charge is 0.174 e. The van der Waals surface area contributed by atoms with E-state index in [1.165, 1.54) is 31.6 Å². The summed E-state index contributed by atoms with van der Waals surface area (Å²) in [6, 6.07) is 17.3. The second kappa shape index (κ2) is 4.47. The highest BCUT2D eigenvalue weighted by molar-refractivity contribution is 9.10. The molecule has 20 heavy (non-hydrogen) atoms. The van der Waals surface area contributed by atoms with Crippen molar-refractivity contribution in [3.8, 4) is 5.06 Å². The highest BCUT2D eigenvalue weighted by Gasteiger charge is 2.09. The van der Waals surface area contributed by atoms with Crippen LogP contribution >= 0.6 is 27.3 Å². The highest BCUT2D eigenvalue weighted by Crippen LogP contribution is 2.40. The number of thiophene rings is 1. The Morgan fingerprint density at radius 1 is 0.900 bits per heavy atom. The maximum atomic E-state index is 5.39. The third-order valence-corrected chi connectivity index (χ3v) is 5.25. The monoisotopic (exact) mass is 342 g/mol. The van der Waals surface area contributed by atoms with Crippen LogP contribution in [0.1, 0.15) is 0 Å². The van der Waals surface area contributed by atoms with Gasteiger partial charge in [0.25, 0.3) is 0 Å². The summed E-state index contributed by atoms with van der Waals surface area (Å²) in [5, 5.41) is 7.33. The van der Waals surface area contributed by atoms with Crippen LogP contribution in [0, 0.1) is 0 Å². The SMILES string of the molecule is COc1cc2ccc3ccc4ccc(Br)cc4c3c2s1. The molecule has 0 aliphatic carbocycles. The normalized spacial score (nSPS) is 11.5. The molecule has 3 aromatic carbocycles. The summed E-state index contributed by atoms with van der Waals surface area (Å²) < 4.78 is 7.80. The molecule has 0 aliphatic heterocycles. The fraction of sp³-hybridized carbons (Fsp3) is 0.0588. The Hall–Kier alpha value is -1.58. The second-order valence-electron chi connectivity index (χ2n) is 4.78. The molecule has 0 saturated carbocycles. The zero-order valence-corrected chi connectivity index (χ0v) is 13.2. The van der Waals surface area contributed by atoms with Crippen LogP contribution < -0.4 is 4.74 Å². The Morgan fingerprint density at radius 3 is 2.40 bits per heavy atom. The van der Waals surface area contributed by atoms with Crippen molar-refractivity contribution >= 4 is 58.9 Å². The fourth-order valence-corrected chi connectivity index (χ4v) is 4.09. The lowest BCUT2D eigenvalue weighted by molar-refractivity contribution is 0.427. The van der Waals surface area contributed by atoms with Gasteiger partial charge in [0.15, 0.2) is 5.06 Å². The number of ether oxygens (including phenoxy) is 1. The Labute approximate surface area is 128 Å². The van der Waals surface area contributed by atoms with E-state index in [0.29, 0.717) is 0 Å². The highest BCUT2D eigenvalue weighted by atomic mass is 79.9. The van der Waals surface area contributed by atoms with Gasteiger partial charge in [-0.05, 0) is 39.7 Å². The van der Waals surface area contributed by atoms with Gasteiger partial charge in [-0.15, -0.1) is 0 Å². The molecule has 4 aromatic rings. The molecule has 0 bridgehead atoms. The molecule has 0 saturated heterocycles. The topological polar surface area (TPSA) is 9.23 Å². The Balaban J connectivity index is 2.27. The van der Waals surface area contributed by atoms with Crippen LogP contribution in [-0.2, 0) is 0 Å². The van der Waals surface area contributed by atoms with E-state index in [2.05, 4.69) is 64.5 Å². The average molecular weight is 343 g/mol. The van der Waals surface area contributed by atoms with Crippen molar-refractivity contribution in [2.45, 2.75) is 0 Å². The lowest BCUT2D eigenvalue weighted by atomic mass is 10.0. The number of halogens is 1. The minimum Gasteiger partial charge on any atom is -0.487 e. The molecule has 3 heteroatoms. The number of fused-ring (bicyclic) bond motifs is 5. The Morgan fingerprint density at radius 2 is 1.60 bits per heavy atom. The summed E-state index contributed by atoms with van der Waals surface area (Å²) in [5.41, 5.74) is 0. The van der Waals surface area contributed by atoms with Crippen LogP contribution in [0.5, 0.6) is 5.06 Å². The molecule has 0 unspecified atom stereocenters. The summed E-state index contributed by atoms with van der Waals surface area (Å²) in [7, 11) is 1.72. The summed E-state index contributed by atoms with van der Waals surface area (Å²) in [4.78, 5) is 0. The van der Waals surface area contributed by atoms with Crippen LogP contribution in [0.4, 0.5) is 0 Å². The zero-order valence-electron chi connectivity index (χ0n) is 10.8. The van der Waals surface area contributed by atoms with E-state index >= 15 is 0 Å². The number of hydrogen-bond donors (Lipinski definition) is 0. The van der Waals surface area contributed by atoms with E-state index in [-0.39, 0.29) is 0 Å². The van der Waals surface area contributed by atoms with E-state index in [1.54, 1.807) is 18.4 Å². The first-order chi connectivity index (χ1) is 9.76. The van der Waals surface area contributed by atoms with Gasteiger partial charge >= 0.3 is 0 Å². The van der Waals surface area contributed by atoms with Gasteiger partial charge in [0.2, 0.25) is 0 Å². The van der Waals surface area contributed by atoms with Crippen LogP contribution in [0.3, 0.4) is 0 Å². The molecule has 0 radical (unpaired) electrons. The molecule has 98 valence electrons. The molecule has 1 aromatic heterocycles. The molecule has 1 nitrogen and oxygen atoms in total. The molecule has 0 aliphatic rings. The fourth-order valence-electron chi connectivity index (χ4n) is 2.68. The number of methoxy groups -OCH3 is 1. The first-order valence-corrected chi connectivity index (χ1v) is 7.96. The summed E-state index contributed by atoms with van der Waals surface area (Å²) in [5.74, 6) is 0. The quantitative estimate of drug-likeness (QED) is 0.386. The molecule has 0 fully saturated rings. The van der Waals surface area contributed by atoms with Gasteiger partial charge in [-0.3, -0.25) is 0 Å². The molecule has 0 spiro atoms. The maximum Gasteiger partial charge on any atom is 0.174 e. The first kappa shape index (κ1) is 12.2. The van der Waals surface area contributed by atoms with Gasteiger partial charge < -0.3 is 4.74 Å². The lowest BCUT2D eigenvalue weighted by Crippen LogP contribution is -1.78. The van der Waals surface area contributed by atoms with Gasteiger partial charge in [0.1, 0.15) is 0 Å². The van der Waals surface area contributed by atoms with E-state index in [4.69, 9.17) is 4.74 Å². The zero-order chi connectivity index (χ0) is 13.7. The van der Waals surface area contributed by atoms with Crippen molar-refractivity contribution in [1.29, 1.82) is 0 Å². The number of benzene rings is 3. The van der Waals surface area contributed by atoms with Crippen molar-refractivity contribution in [2.75, 3.05) is 7.11 Å². The van der Waals surface area contributed by atoms with E-state index < -0.39 is 0 Å². The van der Waals surface area contributed by atoms with Gasteiger partial charge in [-0.25, -0.2) is 0 Å². The lowest BCUT2D eigenvalue weighted by Gasteiger charge is -2.05. The van der Waals surface area contributed by atoms with Crippen molar-refractivity contribution in [2.24, 2.45) is 0 Å². The summed E-state index contributed by atoms with van der Waals surface area (Å²) >= 11 is 5.29. The van der Waals surface area contributed by atoms with Crippen molar-refractivity contribution < 1.29 is 4.74 Å². The largest absolute Gasteiger partial charge is 0.487 e. The molecular weight excluding hydrogens is 332 g/mol. The van der Waals surface area contributed by atoms with Crippen molar-refractivity contribution in [1.82, 2.24) is 0 Å². The Kier molecular flexibility index (Phi) is 2.72. The molecule has 0 amide bonds. The van der Waals surface area contributed by atoms with Crippen molar-refractivity contribution in [3.05, 3.63) is 53.0 Å². The standard InChI is InChI=1S/C17H11BrOS/c1-19-15-8-12-5-4-11-3-2-10-6-7-13(18)9-14(10)16(11)17(12)20-15/h2-9H,1H3. The van der Waals surface area contributed by atoms with Crippen LogP contribution in [0.2, 0.25) is 0 Å². The van der Waals surface area contributed by atoms with Gasteiger partial charge in [0.05, 0.1) is 7.11 Å². The average Bonchev–Trinajstić information content (AvgIpc) is 2.89. The predicted octanol–water partition coefficient (Wildman–Crippen LogP) is 5.98. The molecule has 1 heterocycles. The third kappa shape index (κ3) is 1.74. The third-order valence-electron chi connectivity index (χ3n) is 3.62. The van der Waals surface area contributed by atoms with Gasteiger partial charge in [-0.2, -0.15) is 0 Å². The van der Waals surface area contributed by atoms with E-state index in [1.807, 2.05) is 0 Å². The second-order valence-corrected chi connectivity index (χ2v) is 6.71. The van der Waals surface area contributed by atoms with Crippen LogP contribution in [0.25, 0.3) is 31.6 Å². The van der Waals surface area contributed by atoms with Crippen LogP contribution in [0.15, 0.2) is 53.0 Å². The maximum absolute atomic E-state index is 5.39. The minimum atomic E-state index is 0.958. The first-order valence-electron chi connectivity index (χ1n) is 6.35. The molecule has 4 rings (SSSR count). The summed E-state index contributed by atoms with van der Waals surface area (Å²) in [6.07, 6.45) is 0. The summed E-state index contributed by atoms with van der Waals surface area (Å²) in [6.45, 7) is 0. The number of rotatable bonds is 1. The van der Waals surface area contributed by atoms with Gasteiger partial charge in [-0.1, -0.05) is 57.6 Å². The molecular formula is C17H11BrOS. The predicted molar refractivity (Wildman–Crippen MR) is 91.1 cm³/mol. The van der Waals surface area contributed by atoms with E-state index in [0.717, 1.165) is 9.54 Å². The van der Waals surface area contributed by atoms with E-state index in [9.17, 15) is 0 Å². The van der Waals surface area contributed by atoms with Crippen molar-refractivity contribution in [3.63, 3.8) is 0 Å². The van der Waals surface area contributed by atoms with Crippen LogP contribution in [-0.4, -0.2) is 7.11 Å². The molecule has 0 N–H and O–H groups in total. The number of hydrogen-bond acceptors (Lipinski definition) is 2.